The molecule has 0 aliphatic heterocycles. The Morgan fingerprint density at radius 2 is 1.70 bits per heavy atom. The minimum Gasteiger partial charge on any atom is -0.343 e. The highest BCUT2D eigenvalue weighted by molar-refractivity contribution is 5.99. The van der Waals surface area contributed by atoms with E-state index in [4.69, 9.17) is 0 Å². The summed E-state index contributed by atoms with van der Waals surface area (Å²) in [6.07, 6.45) is 0. The number of hydrogen-bond donors (Lipinski definition) is 1. The summed E-state index contributed by atoms with van der Waals surface area (Å²) in [5.74, 6) is 0.153. The lowest BCUT2D eigenvalue weighted by Gasteiger charge is -2.25. The van der Waals surface area contributed by atoms with Crippen molar-refractivity contribution in [2.45, 2.75) is 53.6 Å². The Morgan fingerprint density at radius 1 is 1.09 bits per heavy atom. The van der Waals surface area contributed by atoms with Gasteiger partial charge in [-0.2, -0.15) is 0 Å². The molecule has 2 rings (SSSR count). The Hall–Kier alpha value is -1.87. The zero-order valence-electron chi connectivity index (χ0n) is 15.2. The zero-order chi connectivity index (χ0) is 17.2. The summed E-state index contributed by atoms with van der Waals surface area (Å²) in [5, 5.41) is 3.26. The van der Waals surface area contributed by atoms with E-state index in [9.17, 15) is 4.79 Å². The molecule has 0 aliphatic rings. The first-order valence-electron chi connectivity index (χ1n) is 8.19. The smallest absolute Gasteiger partial charge is 0.178 e. The standard InChI is InChI=1S/C20H28N2O/c1-14-7-9-17(10-8-14)12-21-13-19(23)18-11-15(2)22(16(18)3)20(4,5)6/h7-11,21H,12-13H2,1-6H3. The third-order valence-corrected chi connectivity index (χ3v) is 4.14. The van der Waals surface area contributed by atoms with Crippen LogP contribution in [0.25, 0.3) is 0 Å². The van der Waals surface area contributed by atoms with Gasteiger partial charge in [0.15, 0.2) is 5.78 Å². The summed E-state index contributed by atoms with van der Waals surface area (Å²) in [4.78, 5) is 12.5. The molecule has 1 aromatic heterocycles. The summed E-state index contributed by atoms with van der Waals surface area (Å²) >= 11 is 0. The highest BCUT2D eigenvalue weighted by atomic mass is 16.1. The van der Waals surface area contributed by atoms with E-state index in [1.165, 1.54) is 11.1 Å². The number of Topliss-reactive ketones (excluding diaryl/α,β-unsaturated/α-hetero) is 1. The molecule has 0 amide bonds. The molecule has 3 heteroatoms. The lowest BCUT2D eigenvalue weighted by molar-refractivity contribution is 0.0990. The van der Waals surface area contributed by atoms with Gasteiger partial charge in [0.05, 0.1) is 6.54 Å². The number of hydrogen-bond acceptors (Lipinski definition) is 2. The van der Waals surface area contributed by atoms with Gasteiger partial charge in [-0.3, -0.25) is 4.79 Å². The molecular weight excluding hydrogens is 284 g/mol. The molecule has 23 heavy (non-hydrogen) atoms. The second-order valence-corrected chi connectivity index (χ2v) is 7.30. The third kappa shape index (κ3) is 4.11. The number of nitrogens with zero attached hydrogens (tertiary/aromatic N) is 1. The highest BCUT2D eigenvalue weighted by Gasteiger charge is 2.22. The monoisotopic (exact) mass is 312 g/mol. The second kappa shape index (κ2) is 6.71. The topological polar surface area (TPSA) is 34.0 Å². The molecule has 0 saturated heterocycles. The van der Waals surface area contributed by atoms with Crippen LogP contribution in [0.1, 0.15) is 53.6 Å². The zero-order valence-corrected chi connectivity index (χ0v) is 15.2. The van der Waals surface area contributed by atoms with Crippen LogP contribution >= 0.6 is 0 Å². The summed E-state index contributed by atoms with van der Waals surface area (Å²) in [5.41, 5.74) is 5.45. The lowest BCUT2D eigenvalue weighted by Crippen LogP contribution is -2.26. The van der Waals surface area contributed by atoms with E-state index in [2.05, 4.69) is 68.8 Å². The fourth-order valence-electron chi connectivity index (χ4n) is 3.20. The molecule has 0 unspecified atom stereocenters. The summed E-state index contributed by atoms with van der Waals surface area (Å²) in [6.45, 7) is 13.7. The maximum absolute atomic E-state index is 12.5. The molecule has 0 aliphatic carbocycles. The Morgan fingerprint density at radius 3 is 2.22 bits per heavy atom. The molecule has 0 atom stereocenters. The van der Waals surface area contributed by atoms with Gasteiger partial charge in [0.1, 0.15) is 0 Å². The third-order valence-electron chi connectivity index (χ3n) is 4.14. The predicted octanol–water partition coefficient (Wildman–Crippen LogP) is 4.14. The molecule has 0 spiro atoms. The Balaban J connectivity index is 2.03. The van der Waals surface area contributed by atoms with Gasteiger partial charge in [-0.25, -0.2) is 0 Å². The van der Waals surface area contributed by atoms with Crippen LogP contribution in [-0.4, -0.2) is 16.9 Å². The van der Waals surface area contributed by atoms with Crippen LogP contribution in [0.2, 0.25) is 0 Å². The summed E-state index contributed by atoms with van der Waals surface area (Å²) < 4.78 is 2.24. The van der Waals surface area contributed by atoms with E-state index in [0.717, 1.165) is 17.0 Å². The average molecular weight is 312 g/mol. The lowest BCUT2D eigenvalue weighted by atomic mass is 10.1. The van der Waals surface area contributed by atoms with Gasteiger partial charge in [0.2, 0.25) is 0 Å². The van der Waals surface area contributed by atoms with Gasteiger partial charge in [-0.15, -0.1) is 0 Å². The summed E-state index contributed by atoms with van der Waals surface area (Å²) in [6, 6.07) is 10.4. The van der Waals surface area contributed by atoms with Gasteiger partial charge in [0.25, 0.3) is 0 Å². The van der Waals surface area contributed by atoms with Crippen molar-refractivity contribution in [2.75, 3.05) is 6.54 Å². The number of aryl methyl sites for hydroxylation is 2. The highest BCUT2D eigenvalue weighted by Crippen LogP contribution is 2.24. The van der Waals surface area contributed by atoms with Crippen molar-refractivity contribution in [1.82, 2.24) is 9.88 Å². The van der Waals surface area contributed by atoms with E-state index in [-0.39, 0.29) is 11.3 Å². The molecule has 0 radical (unpaired) electrons. The number of carbonyl (C=O) groups is 1. The van der Waals surface area contributed by atoms with Crippen LogP contribution in [-0.2, 0) is 12.1 Å². The molecule has 0 bridgehead atoms. The predicted molar refractivity (Wildman–Crippen MR) is 96.1 cm³/mol. The van der Waals surface area contributed by atoms with E-state index >= 15 is 0 Å². The Kier molecular flexibility index (Phi) is 5.10. The van der Waals surface area contributed by atoms with Crippen molar-refractivity contribution in [2.24, 2.45) is 0 Å². The first-order valence-corrected chi connectivity index (χ1v) is 8.19. The van der Waals surface area contributed by atoms with Gasteiger partial charge in [0, 0.05) is 29.0 Å². The van der Waals surface area contributed by atoms with Gasteiger partial charge >= 0.3 is 0 Å². The fourth-order valence-corrected chi connectivity index (χ4v) is 3.20. The Bertz CT molecular complexity index is 688. The number of carbonyl (C=O) groups excluding carboxylic acids is 1. The van der Waals surface area contributed by atoms with Crippen LogP contribution in [0.4, 0.5) is 0 Å². The van der Waals surface area contributed by atoms with Crippen molar-refractivity contribution in [3.05, 3.63) is 58.4 Å². The molecule has 2 aromatic rings. The van der Waals surface area contributed by atoms with Crippen LogP contribution in [0.3, 0.4) is 0 Å². The number of rotatable bonds is 5. The van der Waals surface area contributed by atoms with Gasteiger partial charge in [-0.05, 0) is 53.2 Å². The Labute approximate surface area is 139 Å². The van der Waals surface area contributed by atoms with E-state index < -0.39 is 0 Å². The second-order valence-electron chi connectivity index (χ2n) is 7.30. The first-order chi connectivity index (χ1) is 10.7. The van der Waals surface area contributed by atoms with E-state index in [1.807, 2.05) is 13.0 Å². The minimum absolute atomic E-state index is 0.0119. The van der Waals surface area contributed by atoms with E-state index in [1.54, 1.807) is 0 Å². The molecule has 1 N–H and O–H groups in total. The number of aromatic nitrogens is 1. The summed E-state index contributed by atoms with van der Waals surface area (Å²) in [7, 11) is 0. The maximum Gasteiger partial charge on any atom is 0.178 e. The SMILES string of the molecule is Cc1ccc(CNCC(=O)c2cc(C)n(C(C)(C)C)c2C)cc1. The van der Waals surface area contributed by atoms with Crippen LogP contribution in [0.5, 0.6) is 0 Å². The normalized spacial score (nSPS) is 11.7. The van der Waals surface area contributed by atoms with Crippen molar-refractivity contribution in [3.63, 3.8) is 0 Å². The maximum atomic E-state index is 12.5. The molecule has 1 aromatic carbocycles. The van der Waals surface area contributed by atoms with Gasteiger partial charge < -0.3 is 9.88 Å². The largest absolute Gasteiger partial charge is 0.343 e. The number of nitrogens with one attached hydrogen (secondary N) is 1. The van der Waals surface area contributed by atoms with Crippen molar-refractivity contribution < 1.29 is 4.79 Å². The van der Waals surface area contributed by atoms with Crippen LogP contribution < -0.4 is 5.32 Å². The number of ketones is 1. The van der Waals surface area contributed by atoms with Gasteiger partial charge in [-0.1, -0.05) is 29.8 Å². The molecule has 0 fully saturated rings. The number of benzene rings is 1. The van der Waals surface area contributed by atoms with Crippen molar-refractivity contribution in [3.8, 4) is 0 Å². The molecule has 3 nitrogen and oxygen atoms in total. The molecular formula is C20H28N2O. The quantitative estimate of drug-likeness (QED) is 0.842. The average Bonchev–Trinajstić information content (AvgIpc) is 2.75. The minimum atomic E-state index is -0.0119. The van der Waals surface area contributed by atoms with Crippen molar-refractivity contribution in [1.29, 1.82) is 0 Å². The molecule has 0 saturated carbocycles. The van der Waals surface area contributed by atoms with Crippen LogP contribution in [0.15, 0.2) is 30.3 Å². The van der Waals surface area contributed by atoms with Crippen LogP contribution in [0, 0.1) is 20.8 Å². The molecule has 124 valence electrons. The fraction of sp³-hybridized carbons (Fsp3) is 0.450. The van der Waals surface area contributed by atoms with E-state index in [0.29, 0.717) is 13.1 Å². The molecule has 1 heterocycles. The first kappa shape index (κ1) is 17.5. The van der Waals surface area contributed by atoms with Crippen molar-refractivity contribution >= 4 is 5.78 Å².